The average molecular weight is 273 g/mol. The molecule has 0 aliphatic heterocycles. The van der Waals surface area contributed by atoms with Gasteiger partial charge in [-0.25, -0.2) is 4.39 Å². The van der Waals surface area contributed by atoms with Crippen LogP contribution in [-0.4, -0.2) is 0 Å². The molecule has 0 aromatic heterocycles. The van der Waals surface area contributed by atoms with Crippen LogP contribution in [0.4, 0.5) is 17.6 Å². The van der Waals surface area contributed by atoms with Crippen LogP contribution < -0.4 is 5.73 Å². The maximum atomic E-state index is 13.9. The molecule has 1 aliphatic rings. The molecule has 1 nitrogen and oxygen atoms in total. The van der Waals surface area contributed by atoms with Crippen LogP contribution in [0.25, 0.3) is 0 Å². The van der Waals surface area contributed by atoms with E-state index in [0.29, 0.717) is 0 Å². The molecule has 1 atom stereocenters. The first-order valence-corrected chi connectivity index (χ1v) is 6.21. The van der Waals surface area contributed by atoms with Crippen LogP contribution in [0.15, 0.2) is 29.8 Å². The lowest BCUT2D eigenvalue weighted by Crippen LogP contribution is -2.19. The summed E-state index contributed by atoms with van der Waals surface area (Å²) in [5.41, 5.74) is 5.40. The fraction of sp³-hybridized carbons (Fsp3) is 0.429. The summed E-state index contributed by atoms with van der Waals surface area (Å²) in [5.74, 6) is -1.26. The number of alkyl halides is 3. The molecule has 2 N–H and O–H groups in total. The van der Waals surface area contributed by atoms with Gasteiger partial charge in [0.2, 0.25) is 0 Å². The molecule has 0 fully saturated rings. The molecule has 0 bridgehead atoms. The van der Waals surface area contributed by atoms with Gasteiger partial charge in [0.1, 0.15) is 5.82 Å². The summed E-state index contributed by atoms with van der Waals surface area (Å²) in [6, 6.07) is 2.47. The number of rotatable bonds is 2. The Hall–Kier alpha value is -1.36. The van der Waals surface area contributed by atoms with E-state index in [1.54, 1.807) is 0 Å². The van der Waals surface area contributed by atoms with E-state index in [1.807, 2.05) is 6.08 Å². The predicted octanol–water partition coefficient (Wildman–Crippen LogP) is 4.34. The summed E-state index contributed by atoms with van der Waals surface area (Å²) < 4.78 is 51.9. The van der Waals surface area contributed by atoms with Crippen LogP contribution in [0.1, 0.15) is 42.9 Å². The molecule has 1 aromatic carbocycles. The van der Waals surface area contributed by atoms with Crippen molar-refractivity contribution in [3.63, 3.8) is 0 Å². The van der Waals surface area contributed by atoms with Gasteiger partial charge in [-0.2, -0.15) is 13.2 Å². The van der Waals surface area contributed by atoms with Gasteiger partial charge in [-0.1, -0.05) is 23.8 Å². The van der Waals surface area contributed by atoms with E-state index in [9.17, 15) is 17.6 Å². The summed E-state index contributed by atoms with van der Waals surface area (Å²) >= 11 is 0. The van der Waals surface area contributed by atoms with Crippen molar-refractivity contribution in [2.24, 2.45) is 5.73 Å². The Kier molecular flexibility index (Phi) is 3.94. The minimum absolute atomic E-state index is 0.0806. The zero-order valence-corrected chi connectivity index (χ0v) is 10.3. The first kappa shape index (κ1) is 14.1. The third kappa shape index (κ3) is 2.97. The smallest absolute Gasteiger partial charge is 0.320 e. The van der Waals surface area contributed by atoms with Crippen LogP contribution in [0, 0.1) is 5.82 Å². The van der Waals surface area contributed by atoms with Crippen molar-refractivity contribution < 1.29 is 17.6 Å². The SMILES string of the molecule is NC(C1=CCCCC1)c1cccc(C(F)(F)F)c1F. The lowest BCUT2D eigenvalue weighted by atomic mass is 9.89. The molecule has 5 heteroatoms. The van der Waals surface area contributed by atoms with Crippen LogP contribution in [0.2, 0.25) is 0 Å². The molecule has 1 aromatic rings. The molecule has 0 saturated heterocycles. The highest BCUT2D eigenvalue weighted by atomic mass is 19.4. The Morgan fingerprint density at radius 3 is 2.47 bits per heavy atom. The first-order valence-electron chi connectivity index (χ1n) is 6.21. The fourth-order valence-electron chi connectivity index (χ4n) is 2.35. The molecule has 0 spiro atoms. The van der Waals surface area contributed by atoms with Crippen LogP contribution in [0.3, 0.4) is 0 Å². The summed E-state index contributed by atoms with van der Waals surface area (Å²) in [7, 11) is 0. The Balaban J connectivity index is 2.37. The monoisotopic (exact) mass is 273 g/mol. The zero-order valence-electron chi connectivity index (χ0n) is 10.3. The second-order valence-corrected chi connectivity index (χ2v) is 4.71. The molecule has 0 heterocycles. The number of allylic oxidation sites excluding steroid dienone is 1. The molecule has 104 valence electrons. The van der Waals surface area contributed by atoms with Gasteiger partial charge in [0.25, 0.3) is 0 Å². The minimum Gasteiger partial charge on any atom is -0.320 e. The lowest BCUT2D eigenvalue weighted by molar-refractivity contribution is -0.140. The Labute approximate surface area is 109 Å². The normalized spacial score (nSPS) is 18.1. The van der Waals surface area contributed by atoms with Crippen molar-refractivity contribution in [1.82, 2.24) is 0 Å². The molecule has 2 rings (SSSR count). The van der Waals surface area contributed by atoms with E-state index in [1.165, 1.54) is 12.1 Å². The molecule has 19 heavy (non-hydrogen) atoms. The van der Waals surface area contributed by atoms with Crippen molar-refractivity contribution in [2.75, 3.05) is 0 Å². The molecule has 1 unspecified atom stereocenters. The first-order chi connectivity index (χ1) is 8.91. The van der Waals surface area contributed by atoms with E-state index in [4.69, 9.17) is 5.73 Å². The Bertz CT molecular complexity index is 491. The second kappa shape index (κ2) is 5.33. The maximum absolute atomic E-state index is 13.9. The summed E-state index contributed by atoms with van der Waals surface area (Å²) in [5, 5.41) is 0. The predicted molar refractivity (Wildman–Crippen MR) is 64.9 cm³/mol. The van der Waals surface area contributed by atoms with Gasteiger partial charge in [0.15, 0.2) is 0 Å². The van der Waals surface area contributed by atoms with E-state index >= 15 is 0 Å². The van der Waals surface area contributed by atoms with Crippen molar-refractivity contribution >= 4 is 0 Å². The zero-order chi connectivity index (χ0) is 14.0. The van der Waals surface area contributed by atoms with E-state index in [0.717, 1.165) is 37.3 Å². The van der Waals surface area contributed by atoms with Crippen molar-refractivity contribution in [3.8, 4) is 0 Å². The Morgan fingerprint density at radius 2 is 1.89 bits per heavy atom. The number of hydrogen-bond acceptors (Lipinski definition) is 1. The summed E-state index contributed by atoms with van der Waals surface area (Å²) in [6.07, 6.45) is 0.774. The highest BCUT2D eigenvalue weighted by molar-refractivity contribution is 5.35. The highest BCUT2D eigenvalue weighted by Crippen LogP contribution is 2.36. The van der Waals surface area contributed by atoms with Crippen molar-refractivity contribution in [1.29, 1.82) is 0 Å². The van der Waals surface area contributed by atoms with Crippen molar-refractivity contribution in [3.05, 3.63) is 46.8 Å². The number of halogens is 4. The van der Waals surface area contributed by atoms with E-state index in [-0.39, 0.29) is 5.56 Å². The molecule has 0 radical (unpaired) electrons. The second-order valence-electron chi connectivity index (χ2n) is 4.71. The van der Waals surface area contributed by atoms with Gasteiger partial charge in [-0.05, 0) is 31.7 Å². The van der Waals surface area contributed by atoms with Gasteiger partial charge < -0.3 is 5.73 Å². The van der Waals surface area contributed by atoms with Crippen LogP contribution in [-0.2, 0) is 6.18 Å². The van der Waals surface area contributed by atoms with Gasteiger partial charge in [0, 0.05) is 5.56 Å². The maximum Gasteiger partial charge on any atom is 0.419 e. The topological polar surface area (TPSA) is 26.0 Å². The number of benzene rings is 1. The van der Waals surface area contributed by atoms with Crippen molar-refractivity contribution in [2.45, 2.75) is 37.9 Å². The Morgan fingerprint density at radius 1 is 1.16 bits per heavy atom. The van der Waals surface area contributed by atoms with E-state index < -0.39 is 23.6 Å². The molecular formula is C14H15F4N. The number of nitrogens with two attached hydrogens (primary N) is 1. The highest BCUT2D eigenvalue weighted by Gasteiger charge is 2.35. The molecule has 1 aliphatic carbocycles. The quantitative estimate of drug-likeness (QED) is 0.629. The summed E-state index contributed by atoms with van der Waals surface area (Å²) in [6.45, 7) is 0. The minimum atomic E-state index is -4.69. The third-order valence-electron chi connectivity index (χ3n) is 3.39. The third-order valence-corrected chi connectivity index (χ3v) is 3.39. The lowest BCUT2D eigenvalue weighted by Gasteiger charge is -2.21. The fourth-order valence-corrected chi connectivity index (χ4v) is 2.35. The standard InChI is InChI=1S/C14H15F4N/c15-12-10(7-4-8-11(12)14(16,17)18)13(19)9-5-2-1-3-6-9/h4-5,7-8,13H,1-3,6,19H2. The van der Waals surface area contributed by atoms with Crippen LogP contribution in [0.5, 0.6) is 0 Å². The number of hydrogen-bond donors (Lipinski definition) is 1. The van der Waals surface area contributed by atoms with Gasteiger partial charge in [-0.15, -0.1) is 0 Å². The van der Waals surface area contributed by atoms with Gasteiger partial charge in [0.05, 0.1) is 11.6 Å². The van der Waals surface area contributed by atoms with Gasteiger partial charge in [-0.3, -0.25) is 0 Å². The molecular weight excluding hydrogens is 258 g/mol. The molecule has 0 amide bonds. The largest absolute Gasteiger partial charge is 0.419 e. The summed E-state index contributed by atoms with van der Waals surface area (Å²) in [4.78, 5) is 0. The van der Waals surface area contributed by atoms with Crippen LogP contribution >= 0.6 is 0 Å². The van der Waals surface area contributed by atoms with E-state index in [2.05, 4.69) is 0 Å². The van der Waals surface area contributed by atoms with Gasteiger partial charge >= 0.3 is 6.18 Å². The average Bonchev–Trinajstić information content (AvgIpc) is 2.38. The molecule has 0 saturated carbocycles.